The summed E-state index contributed by atoms with van der Waals surface area (Å²) >= 11 is 4.99. The topological polar surface area (TPSA) is 54.0 Å². The Kier molecular flexibility index (Phi) is 7.12. The summed E-state index contributed by atoms with van der Waals surface area (Å²) in [5, 5.41) is -0.0592. The second-order valence-corrected chi connectivity index (χ2v) is 7.02. The normalized spacial score (nSPS) is 10.8. The average molecular weight is 392 g/mol. The summed E-state index contributed by atoms with van der Waals surface area (Å²) in [5.74, 6) is 0.271. The van der Waals surface area contributed by atoms with Crippen LogP contribution in [-0.4, -0.2) is 18.0 Å². The molecule has 5 nitrogen and oxygen atoms in total. The van der Waals surface area contributed by atoms with Gasteiger partial charge < -0.3 is 18.9 Å². The third kappa shape index (κ3) is 7.22. The Hall–Kier alpha value is -2.67. The van der Waals surface area contributed by atoms with Gasteiger partial charge in [-0.25, -0.2) is 4.39 Å². The SMILES string of the molecule is CC(C)(C)C(=O)OCOc1ccc(COC(=S)Oc2ccc(F)cc2)cc1. The number of benzene rings is 2. The molecule has 0 aliphatic heterocycles. The number of hydrogen-bond donors (Lipinski definition) is 0. The molecule has 0 aromatic heterocycles. The van der Waals surface area contributed by atoms with Crippen LogP contribution < -0.4 is 9.47 Å². The van der Waals surface area contributed by atoms with Gasteiger partial charge in [-0.05, 0) is 62.7 Å². The summed E-state index contributed by atoms with van der Waals surface area (Å²) in [6.45, 7) is 5.37. The monoisotopic (exact) mass is 392 g/mol. The summed E-state index contributed by atoms with van der Waals surface area (Å²) in [6.07, 6.45) is 0. The molecule has 0 saturated heterocycles. The summed E-state index contributed by atoms with van der Waals surface area (Å²) in [6, 6.07) is 12.5. The van der Waals surface area contributed by atoms with Crippen LogP contribution in [0.25, 0.3) is 0 Å². The molecule has 0 amide bonds. The van der Waals surface area contributed by atoms with E-state index in [4.69, 9.17) is 31.2 Å². The molecule has 0 aliphatic rings. The molecule has 0 heterocycles. The molecule has 0 radical (unpaired) electrons. The molecular formula is C20H21FO5S. The highest BCUT2D eigenvalue weighted by Gasteiger charge is 2.22. The van der Waals surface area contributed by atoms with Crippen LogP contribution in [0.2, 0.25) is 0 Å². The molecule has 2 aromatic rings. The number of halogens is 1. The van der Waals surface area contributed by atoms with Crippen molar-refractivity contribution in [3.63, 3.8) is 0 Å². The van der Waals surface area contributed by atoms with Crippen LogP contribution in [-0.2, 0) is 20.9 Å². The van der Waals surface area contributed by atoms with Gasteiger partial charge in [0.2, 0.25) is 6.79 Å². The summed E-state index contributed by atoms with van der Waals surface area (Å²) < 4.78 is 33.9. The highest BCUT2D eigenvalue weighted by Crippen LogP contribution is 2.17. The zero-order valence-corrected chi connectivity index (χ0v) is 16.2. The van der Waals surface area contributed by atoms with E-state index >= 15 is 0 Å². The maximum absolute atomic E-state index is 12.8. The first-order valence-corrected chi connectivity index (χ1v) is 8.64. The van der Waals surface area contributed by atoms with Crippen LogP contribution >= 0.6 is 12.2 Å². The van der Waals surface area contributed by atoms with Crippen molar-refractivity contribution in [2.24, 2.45) is 5.41 Å². The second kappa shape index (κ2) is 9.32. The number of esters is 1. The van der Waals surface area contributed by atoms with Crippen LogP contribution in [0.3, 0.4) is 0 Å². The second-order valence-electron chi connectivity index (χ2n) is 6.68. The Morgan fingerprint density at radius 3 is 2.15 bits per heavy atom. The molecule has 0 atom stereocenters. The van der Waals surface area contributed by atoms with Crippen LogP contribution in [0.15, 0.2) is 48.5 Å². The number of thiocarbonyl (C=S) groups is 1. The van der Waals surface area contributed by atoms with Gasteiger partial charge in [0.15, 0.2) is 0 Å². The fourth-order valence-electron chi connectivity index (χ4n) is 1.82. The molecule has 2 rings (SSSR count). The van der Waals surface area contributed by atoms with E-state index in [-0.39, 0.29) is 30.4 Å². The lowest BCUT2D eigenvalue weighted by Gasteiger charge is -2.16. The fraction of sp³-hybridized carbons (Fsp3) is 0.300. The highest BCUT2D eigenvalue weighted by molar-refractivity contribution is 7.79. The average Bonchev–Trinajstić information content (AvgIpc) is 2.62. The molecule has 0 bridgehead atoms. The lowest BCUT2D eigenvalue weighted by molar-refractivity contribution is -0.159. The summed E-state index contributed by atoms with van der Waals surface area (Å²) in [5.41, 5.74) is 0.276. The molecule has 0 spiro atoms. The molecule has 2 aromatic carbocycles. The van der Waals surface area contributed by atoms with Crippen LogP contribution in [0, 0.1) is 11.2 Å². The molecular weight excluding hydrogens is 371 g/mol. The summed E-state index contributed by atoms with van der Waals surface area (Å²) in [4.78, 5) is 11.6. The Balaban J connectivity index is 1.74. The first-order valence-electron chi connectivity index (χ1n) is 8.23. The van der Waals surface area contributed by atoms with Gasteiger partial charge in [-0.15, -0.1) is 0 Å². The zero-order chi connectivity index (χ0) is 19.9. The van der Waals surface area contributed by atoms with Crippen molar-refractivity contribution < 1.29 is 28.1 Å². The number of ether oxygens (including phenoxy) is 4. The smallest absolute Gasteiger partial charge is 0.358 e. The van der Waals surface area contributed by atoms with Crippen molar-refractivity contribution >= 4 is 23.4 Å². The maximum Gasteiger partial charge on any atom is 0.358 e. The molecule has 27 heavy (non-hydrogen) atoms. The van der Waals surface area contributed by atoms with Crippen LogP contribution in [0.1, 0.15) is 26.3 Å². The Bertz CT molecular complexity index is 766. The van der Waals surface area contributed by atoms with Crippen molar-refractivity contribution in [2.45, 2.75) is 27.4 Å². The molecule has 0 unspecified atom stereocenters. The van der Waals surface area contributed by atoms with E-state index < -0.39 is 5.41 Å². The predicted octanol–water partition coefficient (Wildman–Crippen LogP) is 4.63. The van der Waals surface area contributed by atoms with E-state index in [1.165, 1.54) is 24.3 Å². The van der Waals surface area contributed by atoms with Crippen molar-refractivity contribution in [3.8, 4) is 11.5 Å². The summed E-state index contributed by atoms with van der Waals surface area (Å²) in [7, 11) is 0. The Morgan fingerprint density at radius 1 is 0.963 bits per heavy atom. The lowest BCUT2D eigenvalue weighted by Crippen LogP contribution is -2.24. The van der Waals surface area contributed by atoms with E-state index in [0.29, 0.717) is 11.5 Å². The minimum absolute atomic E-state index is 0.0592. The van der Waals surface area contributed by atoms with Gasteiger partial charge in [-0.1, -0.05) is 12.1 Å². The van der Waals surface area contributed by atoms with E-state index in [1.807, 2.05) is 0 Å². The minimum Gasteiger partial charge on any atom is -0.457 e. The van der Waals surface area contributed by atoms with E-state index in [0.717, 1.165) is 5.56 Å². The van der Waals surface area contributed by atoms with Crippen molar-refractivity contribution in [3.05, 3.63) is 59.9 Å². The van der Waals surface area contributed by atoms with Gasteiger partial charge >= 0.3 is 11.2 Å². The first kappa shape index (κ1) is 20.6. The largest absolute Gasteiger partial charge is 0.457 e. The molecule has 0 fully saturated rings. The van der Waals surface area contributed by atoms with Crippen molar-refractivity contribution in [1.29, 1.82) is 0 Å². The zero-order valence-electron chi connectivity index (χ0n) is 15.4. The Morgan fingerprint density at radius 2 is 1.56 bits per heavy atom. The minimum atomic E-state index is -0.570. The quantitative estimate of drug-likeness (QED) is 0.406. The molecule has 0 saturated carbocycles. The fourth-order valence-corrected chi connectivity index (χ4v) is 1.98. The van der Waals surface area contributed by atoms with E-state index in [1.54, 1.807) is 45.0 Å². The molecule has 0 N–H and O–H groups in total. The van der Waals surface area contributed by atoms with Gasteiger partial charge in [-0.3, -0.25) is 4.79 Å². The van der Waals surface area contributed by atoms with Gasteiger partial charge in [0.05, 0.1) is 5.41 Å². The number of hydrogen-bond acceptors (Lipinski definition) is 6. The van der Waals surface area contributed by atoms with Crippen molar-refractivity contribution in [1.82, 2.24) is 0 Å². The van der Waals surface area contributed by atoms with Gasteiger partial charge in [0.1, 0.15) is 23.9 Å². The third-order valence-electron chi connectivity index (χ3n) is 3.32. The van der Waals surface area contributed by atoms with Gasteiger partial charge in [-0.2, -0.15) is 0 Å². The number of carbonyl (C=O) groups is 1. The van der Waals surface area contributed by atoms with Crippen LogP contribution in [0.5, 0.6) is 11.5 Å². The highest BCUT2D eigenvalue weighted by atomic mass is 32.1. The predicted molar refractivity (Wildman–Crippen MR) is 102 cm³/mol. The van der Waals surface area contributed by atoms with Crippen molar-refractivity contribution in [2.75, 3.05) is 6.79 Å². The standard InChI is InChI=1S/C20H21FO5S/c1-20(2,3)18(22)25-13-24-16-8-4-14(5-9-16)12-23-19(27)26-17-10-6-15(21)7-11-17/h4-11H,12-13H2,1-3H3. The molecule has 0 aliphatic carbocycles. The maximum atomic E-state index is 12.8. The van der Waals surface area contributed by atoms with E-state index in [2.05, 4.69) is 0 Å². The van der Waals surface area contributed by atoms with E-state index in [9.17, 15) is 9.18 Å². The Labute approximate surface area is 163 Å². The number of rotatable bonds is 6. The lowest BCUT2D eigenvalue weighted by atomic mass is 9.98. The van der Waals surface area contributed by atoms with Gasteiger partial charge in [0.25, 0.3) is 0 Å². The third-order valence-corrected chi connectivity index (χ3v) is 3.52. The van der Waals surface area contributed by atoms with Crippen LogP contribution in [0.4, 0.5) is 4.39 Å². The molecule has 7 heteroatoms. The van der Waals surface area contributed by atoms with Gasteiger partial charge in [0, 0.05) is 12.2 Å². The molecule has 144 valence electrons. The number of carbonyl (C=O) groups excluding carboxylic acids is 1. The first-order chi connectivity index (χ1) is 12.7.